The van der Waals surface area contributed by atoms with Crippen molar-refractivity contribution in [3.05, 3.63) is 12.2 Å². The highest BCUT2D eigenvalue weighted by Crippen LogP contribution is 2.15. The third kappa shape index (κ3) is 28.7. The molecule has 4 heteroatoms. The summed E-state index contributed by atoms with van der Waals surface area (Å²) in [5.41, 5.74) is 0. The van der Waals surface area contributed by atoms with E-state index in [-0.39, 0.29) is 12.5 Å². The fourth-order valence-corrected chi connectivity index (χ4v) is 5.47. The molecule has 0 aromatic heterocycles. The van der Waals surface area contributed by atoms with Gasteiger partial charge < -0.3 is 15.5 Å². The molecule has 0 rings (SSSR count). The van der Waals surface area contributed by atoms with Gasteiger partial charge in [-0.15, -0.1) is 0 Å². The number of hydrogen-bond donors (Lipinski definition) is 3. The normalized spacial score (nSPS) is 13.2. The fraction of sp³-hybridized carbons (Fsp3) is 0.917. The molecule has 0 aromatic rings. The summed E-state index contributed by atoms with van der Waals surface area (Å²) in [6.45, 7) is 4.30. The molecule has 0 aromatic carbocycles. The van der Waals surface area contributed by atoms with Crippen LogP contribution >= 0.6 is 0 Å². The lowest BCUT2D eigenvalue weighted by molar-refractivity contribution is -0.123. The van der Waals surface area contributed by atoms with Gasteiger partial charge in [0.2, 0.25) is 5.91 Å². The molecule has 0 fully saturated rings. The van der Waals surface area contributed by atoms with Gasteiger partial charge in [-0.1, -0.05) is 180 Å². The lowest BCUT2D eigenvalue weighted by Gasteiger charge is -2.20. The maximum Gasteiger partial charge on any atom is 0.220 e. The lowest BCUT2D eigenvalue weighted by Crippen LogP contribution is -2.45. The molecule has 1 amide bonds. The maximum atomic E-state index is 12.3. The van der Waals surface area contributed by atoms with E-state index in [1.54, 1.807) is 6.08 Å². The van der Waals surface area contributed by atoms with E-state index in [4.69, 9.17) is 0 Å². The molecule has 0 aliphatic rings. The second kappa shape index (κ2) is 32.6. The Balaban J connectivity index is 3.59. The third-order valence-corrected chi connectivity index (χ3v) is 8.27. The molecule has 2 atom stereocenters. The second-order valence-corrected chi connectivity index (χ2v) is 12.3. The Kier molecular flexibility index (Phi) is 31.9. The Bertz CT molecular complexity index is 536. The van der Waals surface area contributed by atoms with Crippen LogP contribution in [0.3, 0.4) is 0 Å². The molecule has 0 aliphatic carbocycles. The summed E-state index contributed by atoms with van der Waals surface area (Å²) in [4.78, 5) is 12.3. The van der Waals surface area contributed by atoms with Crippen LogP contribution in [0, 0.1) is 0 Å². The van der Waals surface area contributed by atoms with E-state index >= 15 is 0 Å². The van der Waals surface area contributed by atoms with Gasteiger partial charge in [0.25, 0.3) is 0 Å². The van der Waals surface area contributed by atoms with Crippen molar-refractivity contribution in [1.29, 1.82) is 0 Å². The summed E-state index contributed by atoms with van der Waals surface area (Å²) in [5, 5.41) is 22.8. The predicted octanol–water partition coefficient (Wildman–Crippen LogP) is 10.3. The van der Waals surface area contributed by atoms with Gasteiger partial charge >= 0.3 is 0 Å². The summed E-state index contributed by atoms with van der Waals surface area (Å²) in [6, 6.07) is -0.613. The van der Waals surface area contributed by atoms with Gasteiger partial charge in [-0.3, -0.25) is 4.79 Å². The Morgan fingerprint density at radius 2 is 0.925 bits per heavy atom. The van der Waals surface area contributed by atoms with Crippen molar-refractivity contribution in [2.45, 2.75) is 206 Å². The highest BCUT2D eigenvalue weighted by molar-refractivity contribution is 5.76. The van der Waals surface area contributed by atoms with Gasteiger partial charge in [0.15, 0.2) is 0 Å². The SMILES string of the molecule is CCCCCCCCCCCC/C=C/[C@@H](O)[C@H](CO)NC(=O)CCCCCCCCCCCCCCCCCC. The Hall–Kier alpha value is -0.870. The van der Waals surface area contributed by atoms with Crippen molar-refractivity contribution in [1.82, 2.24) is 5.32 Å². The van der Waals surface area contributed by atoms with Gasteiger partial charge in [0.1, 0.15) is 0 Å². The zero-order chi connectivity index (χ0) is 29.4. The summed E-state index contributed by atoms with van der Waals surface area (Å²) < 4.78 is 0. The van der Waals surface area contributed by atoms with Crippen LogP contribution in [0.5, 0.6) is 0 Å². The van der Waals surface area contributed by atoms with E-state index in [1.807, 2.05) is 6.08 Å². The molecule has 0 aliphatic heterocycles. The number of aliphatic hydroxyl groups is 2. The van der Waals surface area contributed by atoms with Crippen LogP contribution in [-0.2, 0) is 4.79 Å². The average Bonchev–Trinajstić information content (AvgIpc) is 2.96. The average molecular weight is 566 g/mol. The van der Waals surface area contributed by atoms with E-state index in [2.05, 4.69) is 19.2 Å². The Morgan fingerprint density at radius 3 is 1.30 bits per heavy atom. The molecule has 0 radical (unpaired) electrons. The summed E-state index contributed by atoms with van der Waals surface area (Å²) in [5.74, 6) is -0.0634. The van der Waals surface area contributed by atoms with Gasteiger partial charge in [0.05, 0.1) is 18.8 Å². The Morgan fingerprint density at radius 1 is 0.575 bits per heavy atom. The highest BCUT2D eigenvalue weighted by Gasteiger charge is 2.17. The van der Waals surface area contributed by atoms with E-state index in [1.165, 1.54) is 148 Å². The quantitative estimate of drug-likeness (QED) is 0.0561. The van der Waals surface area contributed by atoms with E-state index < -0.39 is 12.1 Å². The number of unbranched alkanes of at least 4 members (excludes halogenated alkanes) is 25. The number of aliphatic hydroxyl groups excluding tert-OH is 2. The first-order chi connectivity index (χ1) is 19.7. The van der Waals surface area contributed by atoms with E-state index in [9.17, 15) is 15.0 Å². The predicted molar refractivity (Wildman–Crippen MR) is 175 cm³/mol. The smallest absolute Gasteiger partial charge is 0.220 e. The first kappa shape index (κ1) is 39.1. The number of hydrogen-bond acceptors (Lipinski definition) is 3. The zero-order valence-electron chi connectivity index (χ0n) is 27.1. The minimum Gasteiger partial charge on any atom is -0.394 e. The van der Waals surface area contributed by atoms with Crippen LogP contribution in [0.25, 0.3) is 0 Å². The zero-order valence-corrected chi connectivity index (χ0v) is 27.1. The van der Waals surface area contributed by atoms with Crippen LogP contribution in [0.2, 0.25) is 0 Å². The second-order valence-electron chi connectivity index (χ2n) is 12.3. The van der Waals surface area contributed by atoms with Gasteiger partial charge in [-0.25, -0.2) is 0 Å². The van der Waals surface area contributed by atoms with Crippen molar-refractivity contribution in [2.24, 2.45) is 0 Å². The van der Waals surface area contributed by atoms with Crippen LogP contribution < -0.4 is 5.32 Å². The molecule has 0 spiro atoms. The molecule has 40 heavy (non-hydrogen) atoms. The molecule has 3 N–H and O–H groups in total. The van der Waals surface area contributed by atoms with Crippen LogP contribution in [0.4, 0.5) is 0 Å². The highest BCUT2D eigenvalue weighted by atomic mass is 16.3. The molecule has 0 saturated heterocycles. The van der Waals surface area contributed by atoms with Crippen LogP contribution in [0.15, 0.2) is 12.2 Å². The minimum atomic E-state index is -0.831. The first-order valence-electron chi connectivity index (χ1n) is 17.9. The van der Waals surface area contributed by atoms with Gasteiger partial charge in [0, 0.05) is 6.42 Å². The van der Waals surface area contributed by atoms with Crippen molar-refractivity contribution in [3.8, 4) is 0 Å². The molecule has 0 bridgehead atoms. The van der Waals surface area contributed by atoms with Gasteiger partial charge in [-0.05, 0) is 19.3 Å². The largest absolute Gasteiger partial charge is 0.394 e. The topological polar surface area (TPSA) is 69.6 Å². The summed E-state index contributed by atoms with van der Waals surface area (Å²) in [7, 11) is 0. The van der Waals surface area contributed by atoms with Crippen LogP contribution in [0.1, 0.15) is 194 Å². The third-order valence-electron chi connectivity index (χ3n) is 8.27. The van der Waals surface area contributed by atoms with E-state index in [0.717, 1.165) is 25.7 Å². The number of carbonyl (C=O) groups is 1. The van der Waals surface area contributed by atoms with Gasteiger partial charge in [-0.2, -0.15) is 0 Å². The number of carbonyl (C=O) groups excluding carboxylic acids is 1. The summed E-state index contributed by atoms with van der Waals surface area (Å²) >= 11 is 0. The standard InChI is InChI=1S/C36H71NO3/c1-3-5-7-9-11-13-15-17-18-19-20-22-24-26-28-30-32-36(40)37-34(33-38)35(39)31-29-27-25-23-21-16-14-12-10-8-6-4-2/h29,31,34-35,38-39H,3-28,30,32-33H2,1-2H3,(H,37,40)/b31-29+/t34-,35+/m0/s1. The number of amides is 1. The fourth-order valence-electron chi connectivity index (χ4n) is 5.47. The molecular weight excluding hydrogens is 494 g/mol. The maximum absolute atomic E-state index is 12.3. The van der Waals surface area contributed by atoms with Crippen molar-refractivity contribution >= 4 is 5.91 Å². The van der Waals surface area contributed by atoms with Crippen molar-refractivity contribution in [2.75, 3.05) is 6.61 Å². The lowest BCUT2D eigenvalue weighted by atomic mass is 10.0. The van der Waals surface area contributed by atoms with Crippen molar-refractivity contribution in [3.63, 3.8) is 0 Å². The molecular formula is C36H71NO3. The number of nitrogens with one attached hydrogen (secondary N) is 1. The number of allylic oxidation sites excluding steroid dienone is 1. The minimum absolute atomic E-state index is 0.0634. The van der Waals surface area contributed by atoms with E-state index in [0.29, 0.717) is 6.42 Å². The number of rotatable bonds is 32. The molecule has 0 heterocycles. The monoisotopic (exact) mass is 566 g/mol. The first-order valence-corrected chi connectivity index (χ1v) is 17.9. The molecule has 0 saturated carbocycles. The molecule has 238 valence electrons. The van der Waals surface area contributed by atoms with Crippen LogP contribution in [-0.4, -0.2) is 34.9 Å². The van der Waals surface area contributed by atoms with Crippen molar-refractivity contribution < 1.29 is 15.0 Å². The summed E-state index contributed by atoms with van der Waals surface area (Å²) in [6.07, 6.45) is 38.6. The molecule has 4 nitrogen and oxygen atoms in total. The Labute approximate surface area is 250 Å². The molecule has 0 unspecified atom stereocenters.